The molecule has 5 heteroatoms. The number of hydrogen-bond donors (Lipinski definition) is 1. The summed E-state index contributed by atoms with van der Waals surface area (Å²) < 4.78 is 5.97. The molecule has 0 spiro atoms. The highest BCUT2D eigenvalue weighted by atomic mass is 16.7. The van der Waals surface area contributed by atoms with E-state index in [1.54, 1.807) is 0 Å². The quantitative estimate of drug-likeness (QED) is 0.544. The maximum absolute atomic E-state index is 11.0. The molecule has 0 aromatic rings. The predicted octanol–water partition coefficient (Wildman–Crippen LogP) is 0.108. The fraction of sp³-hybridized carbons (Fsp3) is 1.00. The summed E-state index contributed by atoms with van der Waals surface area (Å²) in [6.45, 7) is -0.0793. The van der Waals surface area contributed by atoms with Crippen molar-refractivity contribution in [3.8, 4) is 0 Å². The Bertz CT molecular complexity index is 509. The molecule has 0 amide bonds. The van der Waals surface area contributed by atoms with E-state index < -0.39 is 11.4 Å². The molecule has 4 bridgehead atoms. The second-order valence-electron chi connectivity index (χ2n) is 7.12. The van der Waals surface area contributed by atoms with Crippen LogP contribution in [0.2, 0.25) is 0 Å². The van der Waals surface area contributed by atoms with Crippen LogP contribution in [0.4, 0.5) is 0 Å². The normalized spacial score (nSPS) is 78.4. The van der Waals surface area contributed by atoms with E-state index in [4.69, 9.17) is 4.74 Å². The zero-order valence-electron chi connectivity index (χ0n) is 9.15. The molecule has 10 unspecified atom stereocenters. The number of nitro groups is 1. The largest absolute Gasteiger partial charge is 0.365 e. The second kappa shape index (κ2) is 1.84. The first-order chi connectivity index (χ1) is 8.09. The number of ether oxygens (including phenoxy) is 1. The van der Waals surface area contributed by atoms with Crippen LogP contribution >= 0.6 is 0 Å². The standard InChI is InChI=1S/C12H13NO4/c14-12-8-4-1-3-5-6(4)10(12)9(5)11(17-12,7(3)8)2-13(15)16/h3-10,14H,1-2H2. The third-order valence-corrected chi connectivity index (χ3v) is 7.32. The van der Waals surface area contributed by atoms with Crippen LogP contribution in [-0.2, 0) is 4.74 Å². The Kier molecular flexibility index (Phi) is 0.912. The van der Waals surface area contributed by atoms with Crippen LogP contribution in [0.3, 0.4) is 0 Å². The van der Waals surface area contributed by atoms with Gasteiger partial charge >= 0.3 is 0 Å². The average molecular weight is 235 g/mol. The molecule has 90 valence electrons. The molecule has 2 aliphatic heterocycles. The SMILES string of the molecule is O=[N+]([O-])CC12OC3(O)C4C5CC(C6C5C3C61)C42. The zero-order chi connectivity index (χ0) is 11.3. The summed E-state index contributed by atoms with van der Waals surface area (Å²) in [6, 6.07) is 0. The maximum Gasteiger partial charge on any atom is 0.233 e. The topological polar surface area (TPSA) is 72.6 Å². The zero-order valence-corrected chi connectivity index (χ0v) is 9.15. The lowest BCUT2D eigenvalue weighted by Gasteiger charge is -2.45. The van der Waals surface area contributed by atoms with E-state index in [1.165, 1.54) is 6.42 Å². The van der Waals surface area contributed by atoms with Gasteiger partial charge < -0.3 is 9.84 Å². The Morgan fingerprint density at radius 2 is 1.94 bits per heavy atom. The van der Waals surface area contributed by atoms with Crippen molar-refractivity contribution in [1.29, 1.82) is 0 Å². The van der Waals surface area contributed by atoms with E-state index in [2.05, 4.69) is 0 Å². The highest BCUT2D eigenvalue weighted by Crippen LogP contribution is 2.92. The first kappa shape index (κ1) is 8.43. The molecule has 10 atom stereocenters. The maximum atomic E-state index is 11.0. The van der Waals surface area contributed by atoms with Crippen molar-refractivity contribution < 1.29 is 14.8 Å². The predicted molar refractivity (Wildman–Crippen MR) is 53.2 cm³/mol. The molecule has 7 rings (SSSR count). The molecule has 17 heavy (non-hydrogen) atoms. The molecular formula is C12H13NO4. The van der Waals surface area contributed by atoms with E-state index in [1.807, 2.05) is 0 Å². The van der Waals surface area contributed by atoms with Gasteiger partial charge in [-0.05, 0) is 30.1 Å². The molecule has 0 radical (unpaired) electrons. The molecule has 7 aliphatic rings. The van der Waals surface area contributed by atoms with Crippen molar-refractivity contribution in [3.63, 3.8) is 0 Å². The Balaban J connectivity index is 1.64. The van der Waals surface area contributed by atoms with E-state index in [9.17, 15) is 15.2 Å². The van der Waals surface area contributed by atoms with Crippen LogP contribution < -0.4 is 0 Å². The van der Waals surface area contributed by atoms with Crippen LogP contribution in [0.25, 0.3) is 0 Å². The lowest BCUT2D eigenvalue weighted by Crippen LogP contribution is -2.53. The second-order valence-corrected chi connectivity index (χ2v) is 7.12. The Labute approximate surface area is 97.3 Å². The number of rotatable bonds is 2. The van der Waals surface area contributed by atoms with Gasteiger partial charge in [-0.3, -0.25) is 10.1 Å². The fourth-order valence-corrected chi connectivity index (χ4v) is 7.71. The van der Waals surface area contributed by atoms with Crippen LogP contribution in [0.1, 0.15) is 6.42 Å². The van der Waals surface area contributed by atoms with Crippen molar-refractivity contribution in [2.24, 2.45) is 47.3 Å². The van der Waals surface area contributed by atoms with E-state index in [-0.39, 0.29) is 23.3 Å². The van der Waals surface area contributed by atoms with E-state index in [0.717, 1.165) is 0 Å². The third kappa shape index (κ3) is 0.492. The molecule has 0 aromatic carbocycles. The van der Waals surface area contributed by atoms with Gasteiger partial charge in [0.15, 0.2) is 5.79 Å². The van der Waals surface area contributed by atoms with Gasteiger partial charge in [-0.15, -0.1) is 0 Å². The van der Waals surface area contributed by atoms with Gasteiger partial charge in [0, 0.05) is 28.6 Å². The molecular weight excluding hydrogens is 222 g/mol. The Hall–Kier alpha value is -0.680. The van der Waals surface area contributed by atoms with Gasteiger partial charge in [0.05, 0.1) is 0 Å². The number of hydrogen-bond acceptors (Lipinski definition) is 4. The molecule has 5 aliphatic carbocycles. The van der Waals surface area contributed by atoms with Gasteiger partial charge in [-0.2, -0.15) is 0 Å². The van der Waals surface area contributed by atoms with E-state index >= 15 is 0 Å². The monoisotopic (exact) mass is 235 g/mol. The van der Waals surface area contributed by atoms with Crippen LogP contribution in [0, 0.1) is 57.5 Å². The Morgan fingerprint density at radius 3 is 2.71 bits per heavy atom. The van der Waals surface area contributed by atoms with Gasteiger partial charge in [-0.25, -0.2) is 0 Å². The summed E-state index contributed by atoms with van der Waals surface area (Å²) in [4.78, 5) is 10.7. The van der Waals surface area contributed by atoms with Gasteiger partial charge in [0.1, 0.15) is 5.60 Å². The number of nitrogens with zero attached hydrogens (tertiary/aromatic N) is 1. The molecule has 1 N–H and O–H groups in total. The van der Waals surface area contributed by atoms with Gasteiger partial charge in [-0.1, -0.05) is 0 Å². The first-order valence-electron chi connectivity index (χ1n) is 6.64. The highest BCUT2D eigenvalue weighted by molar-refractivity contribution is 5.41. The fourth-order valence-electron chi connectivity index (χ4n) is 7.71. The lowest BCUT2D eigenvalue weighted by atomic mass is 9.56. The average Bonchev–Trinajstić information content (AvgIpc) is 2.75. The van der Waals surface area contributed by atoms with Crippen molar-refractivity contribution in [3.05, 3.63) is 10.1 Å². The molecule has 5 saturated carbocycles. The molecule has 5 nitrogen and oxygen atoms in total. The summed E-state index contributed by atoms with van der Waals surface area (Å²) in [5.74, 6) is 2.67. The third-order valence-electron chi connectivity index (χ3n) is 7.32. The van der Waals surface area contributed by atoms with Gasteiger partial charge in [0.25, 0.3) is 0 Å². The molecule has 2 heterocycles. The highest BCUT2D eigenvalue weighted by Gasteiger charge is 2.98. The van der Waals surface area contributed by atoms with Crippen molar-refractivity contribution in [2.75, 3.05) is 6.54 Å². The first-order valence-corrected chi connectivity index (χ1v) is 6.64. The van der Waals surface area contributed by atoms with Crippen molar-refractivity contribution >= 4 is 0 Å². The summed E-state index contributed by atoms with van der Waals surface area (Å²) in [5.41, 5.74) is -0.579. The van der Waals surface area contributed by atoms with Crippen molar-refractivity contribution in [1.82, 2.24) is 0 Å². The Morgan fingerprint density at radius 1 is 1.24 bits per heavy atom. The van der Waals surface area contributed by atoms with Gasteiger partial charge in [0.2, 0.25) is 6.54 Å². The molecule has 2 saturated heterocycles. The van der Waals surface area contributed by atoms with E-state index in [0.29, 0.717) is 35.5 Å². The summed E-state index contributed by atoms with van der Waals surface area (Å²) in [5, 5.41) is 21.7. The summed E-state index contributed by atoms with van der Waals surface area (Å²) in [7, 11) is 0. The van der Waals surface area contributed by atoms with Crippen LogP contribution in [0.15, 0.2) is 0 Å². The summed E-state index contributed by atoms with van der Waals surface area (Å²) >= 11 is 0. The van der Waals surface area contributed by atoms with Crippen molar-refractivity contribution in [2.45, 2.75) is 17.8 Å². The number of aliphatic hydroxyl groups is 1. The molecule has 7 fully saturated rings. The minimum absolute atomic E-state index is 0.0793. The molecule has 0 aromatic heterocycles. The smallest absolute Gasteiger partial charge is 0.233 e. The lowest BCUT2D eigenvalue weighted by molar-refractivity contribution is -0.504. The van der Waals surface area contributed by atoms with Crippen LogP contribution in [-0.4, -0.2) is 28.0 Å². The van der Waals surface area contributed by atoms with Crippen LogP contribution in [0.5, 0.6) is 0 Å². The minimum Gasteiger partial charge on any atom is -0.365 e. The summed E-state index contributed by atoms with van der Waals surface area (Å²) in [6.07, 6.45) is 1.21. The minimum atomic E-state index is -0.970.